The summed E-state index contributed by atoms with van der Waals surface area (Å²) in [6, 6.07) is 17.3. The molecule has 10 nitrogen and oxygen atoms in total. The highest BCUT2D eigenvalue weighted by Gasteiger charge is 2.41. The number of rotatable bonds is 20. The number of benzene rings is 5. The van der Waals surface area contributed by atoms with Crippen LogP contribution in [0, 0.1) is 0 Å². The Kier molecular flexibility index (Phi) is 17.5. The molecule has 0 saturated heterocycles. The minimum Gasteiger partial charge on any atom is -0.462 e. The molecule has 0 radical (unpaired) electrons. The molecule has 13 heteroatoms. The largest absolute Gasteiger partial charge is 0.462 e. The fraction of sp³-hybridized carbons (Fsp3) is 0.500. The molecule has 0 spiro atoms. The molecule has 0 aromatic heterocycles. The van der Waals surface area contributed by atoms with E-state index in [0.717, 1.165) is 161 Å². The normalized spacial score (nSPS) is 18.5. The summed E-state index contributed by atoms with van der Waals surface area (Å²) in [7, 11) is 0. The molecule has 5 aromatic carbocycles. The molecule has 0 saturated carbocycles. The quantitative estimate of drug-likeness (QED) is 0.0553. The first-order valence-corrected chi connectivity index (χ1v) is 30.2. The lowest BCUT2D eigenvalue weighted by molar-refractivity contribution is 0.0506. The summed E-state index contributed by atoms with van der Waals surface area (Å²) in [5.74, 6) is 4.33. The average Bonchev–Trinajstić information content (AvgIpc) is 3.40. The van der Waals surface area contributed by atoms with Gasteiger partial charge in [-0.1, -0.05) is 130 Å². The van der Waals surface area contributed by atoms with Crippen LogP contribution in [0.3, 0.4) is 0 Å². The lowest BCUT2D eigenvalue weighted by Gasteiger charge is -2.37. The van der Waals surface area contributed by atoms with Crippen molar-refractivity contribution >= 4 is 53.8 Å². The third kappa shape index (κ3) is 10.4. The third-order valence-electron chi connectivity index (χ3n) is 15.9. The van der Waals surface area contributed by atoms with Crippen molar-refractivity contribution in [3.05, 3.63) is 112 Å². The Morgan fingerprint density at radius 3 is 1.03 bits per heavy atom. The summed E-state index contributed by atoms with van der Waals surface area (Å²) < 4.78 is 63.4. The van der Waals surface area contributed by atoms with E-state index < -0.39 is 5.97 Å². The molecule has 1 aliphatic carbocycles. The highest BCUT2D eigenvalue weighted by atomic mass is 79.9. The Labute approximate surface area is 468 Å². The fourth-order valence-corrected chi connectivity index (χ4v) is 14.3. The van der Waals surface area contributed by atoms with Crippen LogP contribution in [-0.2, 0) is 4.74 Å². The van der Waals surface area contributed by atoms with Crippen molar-refractivity contribution in [2.75, 3.05) is 33.8 Å². The minimum absolute atomic E-state index is 0.0386. The molecule has 4 heterocycles. The summed E-state index contributed by atoms with van der Waals surface area (Å²) in [6.45, 7) is 11.0. The maximum absolute atomic E-state index is 14.3. The van der Waals surface area contributed by atoms with Crippen LogP contribution < -0.4 is 37.9 Å². The first-order valence-electron chi connectivity index (χ1n) is 27.8. The first-order chi connectivity index (χ1) is 36.7. The number of hydrogen-bond donors (Lipinski definition) is 0. The van der Waals surface area contributed by atoms with E-state index in [1.807, 2.05) is 31.2 Å². The lowest BCUT2D eigenvalue weighted by atomic mass is 9.75. The molecule has 0 fully saturated rings. The number of carbonyl (C=O) groups is 1. The lowest BCUT2D eigenvalue weighted by Crippen LogP contribution is -2.24. The van der Waals surface area contributed by atoms with Crippen LogP contribution in [0.25, 0.3) is 11.1 Å². The van der Waals surface area contributed by atoms with Crippen LogP contribution in [-0.4, -0.2) is 39.7 Å². The van der Waals surface area contributed by atoms with Gasteiger partial charge in [0.05, 0.1) is 17.7 Å². The summed E-state index contributed by atoms with van der Waals surface area (Å²) in [6.07, 6.45) is 16.4. The van der Waals surface area contributed by atoms with Gasteiger partial charge in [-0.2, -0.15) is 0 Å². The van der Waals surface area contributed by atoms with E-state index in [-0.39, 0.29) is 50.8 Å². The van der Waals surface area contributed by atoms with E-state index in [0.29, 0.717) is 75.7 Å². The van der Waals surface area contributed by atoms with Gasteiger partial charge in [-0.25, -0.2) is 4.79 Å². The van der Waals surface area contributed by atoms with Crippen LogP contribution >= 0.6 is 47.8 Å². The van der Waals surface area contributed by atoms with Gasteiger partial charge in [0.15, 0.2) is 0 Å². The Hall–Kier alpha value is -4.59. The monoisotopic (exact) mass is 1210 g/mol. The molecule has 4 unspecified atom stereocenters. The summed E-state index contributed by atoms with van der Waals surface area (Å²) >= 11 is 12.4. The number of carbonyl (C=O) groups excluding carboxylic acids is 1. The molecule has 0 amide bonds. The van der Waals surface area contributed by atoms with Gasteiger partial charge in [0.2, 0.25) is 27.2 Å². The molecule has 75 heavy (non-hydrogen) atoms. The van der Waals surface area contributed by atoms with Gasteiger partial charge >= 0.3 is 5.97 Å². The predicted octanol–water partition coefficient (Wildman–Crippen LogP) is 18.3. The molecular formula is C62H71Br3O10. The second-order valence-electron chi connectivity index (χ2n) is 20.7. The average molecular weight is 1220 g/mol. The van der Waals surface area contributed by atoms with E-state index in [4.69, 9.17) is 42.6 Å². The second kappa shape index (κ2) is 24.4. The number of unbranched alkanes of at least 4 members (excludes halogenated alkanes) is 8. The third-order valence-corrected chi connectivity index (χ3v) is 18.0. The molecule has 4 aliphatic heterocycles. The number of hydrogen-bond acceptors (Lipinski definition) is 10. The Bertz CT molecular complexity index is 2740. The Morgan fingerprint density at radius 2 is 0.720 bits per heavy atom. The van der Waals surface area contributed by atoms with Crippen molar-refractivity contribution in [1.82, 2.24) is 0 Å². The molecule has 10 rings (SSSR count). The highest BCUT2D eigenvalue weighted by molar-refractivity contribution is 9.11. The van der Waals surface area contributed by atoms with Crippen LogP contribution in [0.4, 0.5) is 0 Å². The topological polar surface area (TPSA) is 100 Å². The zero-order valence-electron chi connectivity index (χ0n) is 44.2. The van der Waals surface area contributed by atoms with E-state index in [1.54, 1.807) is 0 Å². The zero-order chi connectivity index (χ0) is 52.2. The van der Waals surface area contributed by atoms with Crippen LogP contribution in [0.2, 0.25) is 0 Å². The molecule has 5 aliphatic rings. The smallest absolute Gasteiger partial charge is 0.338 e. The van der Waals surface area contributed by atoms with E-state index >= 15 is 0 Å². The van der Waals surface area contributed by atoms with Crippen molar-refractivity contribution in [2.45, 2.75) is 167 Å². The van der Waals surface area contributed by atoms with Crippen molar-refractivity contribution in [2.24, 2.45) is 0 Å². The van der Waals surface area contributed by atoms with Gasteiger partial charge in [0, 0.05) is 73.7 Å². The van der Waals surface area contributed by atoms with E-state index in [1.165, 1.54) is 0 Å². The van der Waals surface area contributed by atoms with Crippen LogP contribution in [0.1, 0.15) is 222 Å². The predicted molar refractivity (Wildman–Crippen MR) is 303 cm³/mol. The minimum atomic E-state index is -0.401. The molecule has 8 bridgehead atoms. The summed E-state index contributed by atoms with van der Waals surface area (Å²) in [4.78, 5) is 14.3. The van der Waals surface area contributed by atoms with Crippen LogP contribution in [0.5, 0.6) is 46.0 Å². The summed E-state index contributed by atoms with van der Waals surface area (Å²) in [5.41, 5.74) is 10.3. The highest BCUT2D eigenvalue weighted by Crippen LogP contribution is 2.61. The molecule has 0 N–H and O–H groups in total. The molecule has 4 atom stereocenters. The van der Waals surface area contributed by atoms with E-state index in [2.05, 4.69) is 99.8 Å². The van der Waals surface area contributed by atoms with Crippen molar-refractivity contribution in [1.29, 1.82) is 0 Å². The first kappa shape index (κ1) is 53.8. The standard InChI is InChI=1S/C62H71Br3O10/c1-6-11-15-21-36-42-28-43-37(22-16-12-7-2)45-30-47-39(24-18-14-9-4)49-31-48-38(23-17-13-8-3)46-29-44(36)56-51(63)58(46)72-34-74-60(48)53(65)61(49)75-35-73-59(47)52(64)57(45)71-33-69-55(43)50(54(42)68-32-70-56)40-25-19-20-26-41(40)62(66)67-27-10-5/h19-20,25-26,28-31,36-39H,6-18,21-24,27,32-35H2,1-5H3. The van der Waals surface area contributed by atoms with Crippen molar-refractivity contribution in [3.8, 4) is 57.1 Å². The SMILES string of the molecule is CCCCCC1c2cc3c4c(Br)c2OCOc2c1cc1c(c2Br)OCOc2c(cc5c(c2-c2ccccc2C(=O)OCCC)OCOc2c(cc(c(c2Br)OCO4)C3CCCCC)C5CCCCC)C1CCCCC. The van der Waals surface area contributed by atoms with Gasteiger partial charge in [0.1, 0.15) is 59.4 Å². The van der Waals surface area contributed by atoms with Crippen LogP contribution in [0.15, 0.2) is 61.9 Å². The fourth-order valence-electron chi connectivity index (χ4n) is 12.2. The Balaban J connectivity index is 1.39. The van der Waals surface area contributed by atoms with Gasteiger partial charge in [-0.15, -0.1) is 0 Å². The van der Waals surface area contributed by atoms with Crippen molar-refractivity contribution in [3.63, 3.8) is 0 Å². The molecule has 5 aromatic rings. The summed E-state index contributed by atoms with van der Waals surface area (Å²) in [5, 5.41) is 0. The van der Waals surface area contributed by atoms with Crippen molar-refractivity contribution < 1.29 is 47.4 Å². The number of ether oxygens (including phenoxy) is 9. The molecule has 400 valence electrons. The number of esters is 1. The second-order valence-corrected chi connectivity index (χ2v) is 23.1. The maximum Gasteiger partial charge on any atom is 0.338 e. The van der Waals surface area contributed by atoms with E-state index in [9.17, 15) is 4.79 Å². The Morgan fingerprint density at radius 1 is 0.427 bits per heavy atom. The zero-order valence-corrected chi connectivity index (χ0v) is 49.0. The maximum atomic E-state index is 14.3. The van der Waals surface area contributed by atoms with Gasteiger partial charge in [-0.05, 0) is 110 Å². The van der Waals surface area contributed by atoms with Gasteiger partial charge < -0.3 is 42.6 Å². The van der Waals surface area contributed by atoms with Gasteiger partial charge in [-0.3, -0.25) is 0 Å². The number of halogens is 3. The molecular weight excluding hydrogens is 1140 g/mol. The van der Waals surface area contributed by atoms with Gasteiger partial charge in [0.25, 0.3) is 0 Å².